The molecule has 1 aromatic carbocycles. The van der Waals surface area contributed by atoms with Gasteiger partial charge in [0.05, 0.1) is 13.2 Å². The molecule has 0 spiro atoms. The van der Waals surface area contributed by atoms with Crippen molar-refractivity contribution in [2.24, 2.45) is 0 Å². The van der Waals surface area contributed by atoms with E-state index in [1.807, 2.05) is 24.3 Å². The monoisotopic (exact) mass is 342 g/mol. The van der Waals surface area contributed by atoms with Crippen molar-refractivity contribution in [2.75, 3.05) is 13.2 Å². The summed E-state index contributed by atoms with van der Waals surface area (Å²) in [5.41, 5.74) is 1.12. The van der Waals surface area contributed by atoms with Gasteiger partial charge in [0.1, 0.15) is 0 Å². The van der Waals surface area contributed by atoms with E-state index in [1.54, 1.807) is 6.92 Å². The van der Waals surface area contributed by atoms with Crippen molar-refractivity contribution in [2.45, 2.75) is 32.6 Å². The van der Waals surface area contributed by atoms with E-state index in [4.69, 9.17) is 9.47 Å². The number of carbonyl (C=O) groups excluding carboxylic acids is 2. The molecule has 0 aromatic heterocycles. The number of ether oxygens (including phenoxy) is 2. The Balaban J connectivity index is 2.11. The second-order valence-electron chi connectivity index (χ2n) is 4.26. The number of hydrogen-bond acceptors (Lipinski definition) is 4. The summed E-state index contributed by atoms with van der Waals surface area (Å²) in [6.45, 7) is 2.49. The summed E-state index contributed by atoms with van der Waals surface area (Å²) < 4.78 is 10.9. The van der Waals surface area contributed by atoms with Crippen molar-refractivity contribution < 1.29 is 19.1 Å². The van der Waals surface area contributed by atoms with Crippen LogP contribution in [0.1, 0.15) is 31.7 Å². The summed E-state index contributed by atoms with van der Waals surface area (Å²) in [6.07, 6.45) is 1.67. The number of carbonyl (C=O) groups is 2. The third kappa shape index (κ3) is 7.28. The minimum absolute atomic E-state index is 0.249. The fourth-order valence-electron chi connectivity index (χ4n) is 1.62. The molecule has 5 heteroatoms. The quantitative estimate of drug-likeness (QED) is 0.680. The number of esters is 2. The maximum Gasteiger partial charge on any atom is 0.305 e. The Kier molecular flexibility index (Phi) is 7.95. The van der Waals surface area contributed by atoms with Crippen LogP contribution in [-0.2, 0) is 25.5 Å². The zero-order valence-electron chi connectivity index (χ0n) is 11.6. The molecule has 0 aliphatic rings. The topological polar surface area (TPSA) is 52.6 Å². The molecule has 0 fully saturated rings. The Labute approximate surface area is 127 Å². The molecule has 0 saturated heterocycles. The Bertz CT molecular complexity index is 428. The van der Waals surface area contributed by atoms with Crippen LogP contribution in [0.2, 0.25) is 0 Å². The molecule has 0 N–H and O–H groups in total. The van der Waals surface area contributed by atoms with Gasteiger partial charge in [0, 0.05) is 23.7 Å². The fourth-order valence-corrected chi connectivity index (χ4v) is 1.88. The van der Waals surface area contributed by atoms with Gasteiger partial charge in [0.25, 0.3) is 0 Å². The van der Waals surface area contributed by atoms with Crippen LogP contribution in [0.25, 0.3) is 0 Å². The highest BCUT2D eigenvalue weighted by molar-refractivity contribution is 9.10. The second-order valence-corrected chi connectivity index (χ2v) is 5.17. The van der Waals surface area contributed by atoms with Gasteiger partial charge in [-0.25, -0.2) is 0 Å². The molecule has 0 aliphatic heterocycles. The molecule has 1 aromatic rings. The number of hydrogen-bond donors (Lipinski definition) is 0. The fraction of sp³-hybridized carbons (Fsp3) is 0.467. The summed E-state index contributed by atoms with van der Waals surface area (Å²) in [6, 6.07) is 7.88. The predicted molar refractivity (Wildman–Crippen MR) is 79.3 cm³/mol. The van der Waals surface area contributed by atoms with Gasteiger partial charge in [0.2, 0.25) is 0 Å². The molecule has 4 nitrogen and oxygen atoms in total. The molecule has 0 heterocycles. The van der Waals surface area contributed by atoms with Crippen molar-refractivity contribution >= 4 is 27.9 Å². The van der Waals surface area contributed by atoms with Crippen molar-refractivity contribution in [3.63, 3.8) is 0 Å². The molecular formula is C15H19BrO4. The number of rotatable bonds is 8. The normalized spacial score (nSPS) is 10.1. The lowest BCUT2D eigenvalue weighted by Gasteiger charge is -2.05. The van der Waals surface area contributed by atoms with Crippen LogP contribution < -0.4 is 0 Å². The Hall–Kier alpha value is -1.36. The van der Waals surface area contributed by atoms with Gasteiger partial charge in [-0.1, -0.05) is 28.1 Å². The van der Waals surface area contributed by atoms with E-state index >= 15 is 0 Å². The number of benzene rings is 1. The van der Waals surface area contributed by atoms with E-state index in [2.05, 4.69) is 15.9 Å². The van der Waals surface area contributed by atoms with Gasteiger partial charge < -0.3 is 9.47 Å². The summed E-state index contributed by atoms with van der Waals surface area (Å²) in [7, 11) is 0. The maximum atomic E-state index is 11.4. The van der Waals surface area contributed by atoms with Crippen LogP contribution in [-0.4, -0.2) is 25.2 Å². The first kappa shape index (κ1) is 16.7. The average Bonchev–Trinajstić information content (AvgIpc) is 2.41. The van der Waals surface area contributed by atoms with E-state index in [0.717, 1.165) is 10.0 Å². The highest BCUT2D eigenvalue weighted by Gasteiger charge is 2.06. The van der Waals surface area contributed by atoms with Gasteiger partial charge in [-0.05, 0) is 31.0 Å². The summed E-state index contributed by atoms with van der Waals surface area (Å²) >= 11 is 3.36. The molecule has 110 valence electrons. The maximum absolute atomic E-state index is 11.4. The highest BCUT2D eigenvalue weighted by atomic mass is 79.9. The minimum atomic E-state index is -0.272. The zero-order valence-corrected chi connectivity index (χ0v) is 13.1. The smallest absolute Gasteiger partial charge is 0.305 e. The van der Waals surface area contributed by atoms with Crippen LogP contribution in [0.3, 0.4) is 0 Å². The Morgan fingerprint density at radius 3 is 2.25 bits per heavy atom. The van der Waals surface area contributed by atoms with Crippen molar-refractivity contribution in [1.82, 2.24) is 0 Å². The molecule has 0 atom stereocenters. The van der Waals surface area contributed by atoms with Gasteiger partial charge >= 0.3 is 11.9 Å². The summed E-state index contributed by atoms with van der Waals surface area (Å²) in [5, 5.41) is 0. The molecule has 20 heavy (non-hydrogen) atoms. The van der Waals surface area contributed by atoms with Crippen molar-refractivity contribution in [1.29, 1.82) is 0 Å². The Morgan fingerprint density at radius 1 is 1.05 bits per heavy atom. The largest absolute Gasteiger partial charge is 0.466 e. The molecule has 0 bridgehead atoms. The van der Waals surface area contributed by atoms with Crippen molar-refractivity contribution in [3.8, 4) is 0 Å². The molecule has 0 saturated carbocycles. The van der Waals surface area contributed by atoms with E-state index in [9.17, 15) is 9.59 Å². The highest BCUT2D eigenvalue weighted by Crippen LogP contribution is 2.11. The molecule has 0 amide bonds. The molecule has 0 radical (unpaired) electrons. The van der Waals surface area contributed by atoms with Crippen LogP contribution in [0.5, 0.6) is 0 Å². The first-order valence-corrected chi connectivity index (χ1v) is 7.46. The van der Waals surface area contributed by atoms with E-state index < -0.39 is 0 Å². The van der Waals surface area contributed by atoms with Crippen LogP contribution >= 0.6 is 15.9 Å². The molecule has 0 unspecified atom stereocenters. The standard InChI is InChI=1S/C15H19BrO4/c1-2-19-14(17)4-3-5-15(18)20-11-10-12-6-8-13(16)9-7-12/h6-9H,2-5,10-11H2,1H3. The van der Waals surface area contributed by atoms with Gasteiger partial charge in [-0.15, -0.1) is 0 Å². The lowest BCUT2D eigenvalue weighted by Crippen LogP contribution is -2.09. The van der Waals surface area contributed by atoms with Crippen LogP contribution in [0, 0.1) is 0 Å². The second kappa shape index (κ2) is 9.53. The molecule has 0 aliphatic carbocycles. The number of halogens is 1. The Morgan fingerprint density at radius 2 is 1.65 bits per heavy atom. The average molecular weight is 343 g/mol. The van der Waals surface area contributed by atoms with Crippen molar-refractivity contribution in [3.05, 3.63) is 34.3 Å². The third-order valence-corrected chi connectivity index (χ3v) is 3.16. The van der Waals surface area contributed by atoms with Crippen LogP contribution in [0.4, 0.5) is 0 Å². The zero-order chi connectivity index (χ0) is 14.8. The van der Waals surface area contributed by atoms with Gasteiger partial charge in [-0.3, -0.25) is 9.59 Å². The van der Waals surface area contributed by atoms with E-state index in [1.165, 1.54) is 0 Å². The molecular weight excluding hydrogens is 324 g/mol. The molecule has 1 rings (SSSR count). The summed E-state index contributed by atoms with van der Waals surface area (Å²) in [5.74, 6) is -0.540. The predicted octanol–water partition coefficient (Wildman–Crippen LogP) is 3.27. The summed E-state index contributed by atoms with van der Waals surface area (Å²) in [4.78, 5) is 22.5. The first-order chi connectivity index (χ1) is 9.61. The SMILES string of the molecule is CCOC(=O)CCCC(=O)OCCc1ccc(Br)cc1. The van der Waals surface area contributed by atoms with Gasteiger partial charge in [0.15, 0.2) is 0 Å². The first-order valence-electron chi connectivity index (χ1n) is 6.67. The van der Waals surface area contributed by atoms with Crippen LogP contribution in [0.15, 0.2) is 28.7 Å². The van der Waals surface area contributed by atoms with Gasteiger partial charge in [-0.2, -0.15) is 0 Å². The van der Waals surface area contributed by atoms with E-state index in [-0.39, 0.29) is 24.8 Å². The van der Waals surface area contributed by atoms with E-state index in [0.29, 0.717) is 26.1 Å². The minimum Gasteiger partial charge on any atom is -0.466 e. The lowest BCUT2D eigenvalue weighted by atomic mass is 10.2. The lowest BCUT2D eigenvalue weighted by molar-refractivity contribution is -0.145. The third-order valence-electron chi connectivity index (χ3n) is 2.63.